The molecule has 0 aliphatic heterocycles. The molecule has 0 atom stereocenters. The van der Waals surface area contributed by atoms with Gasteiger partial charge < -0.3 is 8.82 Å². The number of fused-ring (bicyclic) bond motifs is 7. The zero-order chi connectivity index (χ0) is 31.6. The number of nitrogens with zero attached hydrogens (tertiary/aromatic N) is 5. The van der Waals surface area contributed by atoms with Crippen molar-refractivity contribution in [1.29, 1.82) is 0 Å². The van der Waals surface area contributed by atoms with E-state index in [9.17, 15) is 0 Å². The number of aromatic nitrogens is 5. The summed E-state index contributed by atoms with van der Waals surface area (Å²) in [6.07, 6.45) is 4.04. The third-order valence-electron chi connectivity index (χ3n) is 9.06. The first-order chi connectivity index (χ1) is 23.7. The van der Waals surface area contributed by atoms with Crippen molar-refractivity contribution in [3.8, 4) is 45.4 Å². The van der Waals surface area contributed by atoms with E-state index in [4.69, 9.17) is 24.4 Å². The molecular weight excluding hydrogens is 590 g/mol. The number of rotatable bonds is 4. The highest BCUT2D eigenvalue weighted by molar-refractivity contribution is 6.09. The van der Waals surface area contributed by atoms with E-state index in [1.165, 1.54) is 21.5 Å². The standard InChI is InChI=1S/C42H25N5O/c1-2-9-28(10-3-1)40-44-41(30-16-15-27-14-13-26-8-4-5-11-32(26)35(27)22-30)46-42(45-40)31-18-20-34-33-19-17-29(23-37(33)48-38(34)24-31)36-25-47-21-7-6-12-39(47)43-36/h1-25H. The summed E-state index contributed by atoms with van der Waals surface area (Å²) in [5.41, 5.74) is 7.11. The van der Waals surface area contributed by atoms with Crippen LogP contribution in [0.4, 0.5) is 0 Å². The summed E-state index contributed by atoms with van der Waals surface area (Å²) in [6, 6.07) is 47.7. The number of hydrogen-bond donors (Lipinski definition) is 0. The fraction of sp³-hybridized carbons (Fsp3) is 0. The summed E-state index contributed by atoms with van der Waals surface area (Å²) in [4.78, 5) is 19.8. The molecule has 4 heterocycles. The molecule has 4 aromatic heterocycles. The lowest BCUT2D eigenvalue weighted by Crippen LogP contribution is -2.00. The van der Waals surface area contributed by atoms with Gasteiger partial charge in [-0.3, -0.25) is 0 Å². The second-order valence-corrected chi connectivity index (χ2v) is 12.0. The second kappa shape index (κ2) is 10.4. The fourth-order valence-electron chi connectivity index (χ4n) is 6.64. The summed E-state index contributed by atoms with van der Waals surface area (Å²) in [5, 5.41) is 6.83. The van der Waals surface area contributed by atoms with Gasteiger partial charge in [-0.1, -0.05) is 97.1 Å². The monoisotopic (exact) mass is 615 g/mol. The summed E-state index contributed by atoms with van der Waals surface area (Å²) in [7, 11) is 0. The van der Waals surface area contributed by atoms with Crippen molar-refractivity contribution in [1.82, 2.24) is 24.3 Å². The third-order valence-corrected chi connectivity index (χ3v) is 9.06. The van der Waals surface area contributed by atoms with Gasteiger partial charge in [0.05, 0.1) is 5.69 Å². The average Bonchev–Trinajstić information content (AvgIpc) is 3.76. The first-order valence-corrected chi connectivity index (χ1v) is 15.9. The Morgan fingerprint density at radius 1 is 0.417 bits per heavy atom. The Bertz CT molecular complexity index is 2820. The van der Waals surface area contributed by atoms with E-state index < -0.39 is 0 Å². The van der Waals surface area contributed by atoms with Crippen molar-refractivity contribution in [2.45, 2.75) is 0 Å². The summed E-state index contributed by atoms with van der Waals surface area (Å²) in [6.45, 7) is 0. The van der Waals surface area contributed by atoms with E-state index in [-0.39, 0.29) is 0 Å². The van der Waals surface area contributed by atoms with Gasteiger partial charge in [-0.25, -0.2) is 19.9 Å². The van der Waals surface area contributed by atoms with Crippen molar-refractivity contribution in [2.75, 3.05) is 0 Å². The normalized spacial score (nSPS) is 11.8. The van der Waals surface area contributed by atoms with Crippen molar-refractivity contribution < 1.29 is 4.42 Å². The second-order valence-electron chi connectivity index (χ2n) is 12.0. The molecule has 0 bridgehead atoms. The predicted molar refractivity (Wildman–Crippen MR) is 193 cm³/mol. The van der Waals surface area contributed by atoms with Gasteiger partial charge in [0.25, 0.3) is 0 Å². The van der Waals surface area contributed by atoms with E-state index in [0.29, 0.717) is 17.5 Å². The molecular formula is C42H25N5O. The minimum atomic E-state index is 0.588. The summed E-state index contributed by atoms with van der Waals surface area (Å²) >= 11 is 0. The molecule has 0 N–H and O–H groups in total. The SMILES string of the molecule is c1ccc(-c2nc(-c3ccc4c(c3)oc3cc(-c5cn6ccccc6n5)ccc34)nc(-c3ccc4ccc5ccccc5c4c3)n2)cc1. The zero-order valence-electron chi connectivity index (χ0n) is 25.6. The van der Waals surface area contributed by atoms with Gasteiger partial charge in [-0.15, -0.1) is 0 Å². The first-order valence-electron chi connectivity index (χ1n) is 15.9. The van der Waals surface area contributed by atoms with E-state index in [1.54, 1.807) is 0 Å². The molecule has 0 radical (unpaired) electrons. The Labute approximate surface area is 274 Å². The van der Waals surface area contributed by atoms with Gasteiger partial charge in [0.2, 0.25) is 0 Å². The molecule has 6 nitrogen and oxygen atoms in total. The molecule has 48 heavy (non-hydrogen) atoms. The highest BCUT2D eigenvalue weighted by atomic mass is 16.3. The maximum Gasteiger partial charge on any atom is 0.164 e. The van der Waals surface area contributed by atoms with Crippen LogP contribution in [0.1, 0.15) is 0 Å². The van der Waals surface area contributed by atoms with Gasteiger partial charge in [-0.2, -0.15) is 0 Å². The smallest absolute Gasteiger partial charge is 0.164 e. The van der Waals surface area contributed by atoms with Crippen LogP contribution in [0, 0.1) is 0 Å². The maximum absolute atomic E-state index is 6.46. The van der Waals surface area contributed by atoms with Crippen LogP contribution in [0.15, 0.2) is 156 Å². The minimum Gasteiger partial charge on any atom is -0.456 e. The lowest BCUT2D eigenvalue weighted by molar-refractivity contribution is 0.669. The van der Waals surface area contributed by atoms with Crippen LogP contribution in [-0.4, -0.2) is 24.3 Å². The van der Waals surface area contributed by atoms with Crippen LogP contribution in [0.2, 0.25) is 0 Å². The van der Waals surface area contributed by atoms with Crippen LogP contribution in [-0.2, 0) is 0 Å². The lowest BCUT2D eigenvalue weighted by atomic mass is 10.00. The minimum absolute atomic E-state index is 0.588. The van der Waals surface area contributed by atoms with Gasteiger partial charge in [0, 0.05) is 45.4 Å². The number of hydrogen-bond acceptors (Lipinski definition) is 5. The number of pyridine rings is 1. The Hall–Kier alpha value is -6.66. The van der Waals surface area contributed by atoms with E-state index in [0.717, 1.165) is 55.5 Å². The third kappa shape index (κ3) is 4.35. The molecule has 0 saturated carbocycles. The van der Waals surface area contributed by atoms with Crippen molar-refractivity contribution in [3.05, 3.63) is 152 Å². The molecule has 0 aliphatic rings. The van der Waals surface area contributed by atoms with Crippen LogP contribution >= 0.6 is 0 Å². The maximum atomic E-state index is 6.46. The van der Waals surface area contributed by atoms with E-state index in [2.05, 4.69) is 84.9 Å². The number of imidazole rings is 1. The summed E-state index contributed by atoms with van der Waals surface area (Å²) in [5.74, 6) is 1.83. The molecule has 0 unspecified atom stereocenters. The Morgan fingerprint density at radius 3 is 1.81 bits per heavy atom. The van der Waals surface area contributed by atoms with Gasteiger partial charge in [-0.05, 0) is 64.0 Å². The molecule has 6 aromatic carbocycles. The van der Waals surface area contributed by atoms with Crippen molar-refractivity contribution in [3.63, 3.8) is 0 Å². The highest BCUT2D eigenvalue weighted by Crippen LogP contribution is 2.35. The van der Waals surface area contributed by atoms with Crippen molar-refractivity contribution >= 4 is 49.1 Å². The zero-order valence-corrected chi connectivity index (χ0v) is 25.6. The summed E-state index contributed by atoms with van der Waals surface area (Å²) < 4.78 is 8.49. The fourth-order valence-corrected chi connectivity index (χ4v) is 6.64. The Morgan fingerprint density at radius 2 is 1.02 bits per heavy atom. The number of benzene rings is 6. The van der Waals surface area contributed by atoms with Crippen molar-refractivity contribution in [2.24, 2.45) is 0 Å². The Kier molecular flexibility index (Phi) is 5.77. The molecule has 10 rings (SSSR count). The van der Waals surface area contributed by atoms with Crippen LogP contribution < -0.4 is 0 Å². The van der Waals surface area contributed by atoms with Gasteiger partial charge >= 0.3 is 0 Å². The quantitative estimate of drug-likeness (QED) is 0.184. The van der Waals surface area contributed by atoms with E-state index in [1.807, 2.05) is 71.4 Å². The van der Waals surface area contributed by atoms with Gasteiger partial charge in [0.1, 0.15) is 16.8 Å². The topological polar surface area (TPSA) is 69.1 Å². The predicted octanol–water partition coefficient (Wildman–Crippen LogP) is 10.4. The molecule has 0 spiro atoms. The molecule has 224 valence electrons. The largest absolute Gasteiger partial charge is 0.456 e. The van der Waals surface area contributed by atoms with Gasteiger partial charge in [0.15, 0.2) is 17.5 Å². The highest BCUT2D eigenvalue weighted by Gasteiger charge is 2.16. The number of furan rings is 1. The molecule has 0 amide bonds. The van der Waals surface area contributed by atoms with E-state index >= 15 is 0 Å². The molecule has 6 heteroatoms. The van der Waals surface area contributed by atoms with Crippen LogP contribution in [0.25, 0.3) is 94.6 Å². The lowest BCUT2D eigenvalue weighted by Gasteiger charge is -2.10. The van der Waals surface area contributed by atoms with Crippen LogP contribution in [0.5, 0.6) is 0 Å². The first kappa shape index (κ1) is 26.5. The van der Waals surface area contributed by atoms with Crippen LogP contribution in [0.3, 0.4) is 0 Å². The molecule has 10 aromatic rings. The average molecular weight is 616 g/mol. The molecule has 0 fully saturated rings. The molecule has 0 saturated heterocycles. The molecule has 0 aliphatic carbocycles. The Balaban J connectivity index is 1.11.